The highest BCUT2D eigenvalue weighted by Crippen LogP contribution is 2.29. The van der Waals surface area contributed by atoms with Crippen LogP contribution < -0.4 is 5.32 Å². The van der Waals surface area contributed by atoms with Gasteiger partial charge in [-0.05, 0) is 51.6 Å². The first-order valence-electron chi connectivity index (χ1n) is 8.09. The highest BCUT2D eigenvalue weighted by Gasteiger charge is 2.37. The molecule has 21 heavy (non-hydrogen) atoms. The van der Waals surface area contributed by atoms with Crippen LogP contribution in [0.5, 0.6) is 0 Å². The van der Waals surface area contributed by atoms with Gasteiger partial charge < -0.3 is 10.2 Å². The topological polar surface area (TPSA) is 50.2 Å². The second-order valence-electron chi connectivity index (χ2n) is 6.45. The molecule has 0 saturated carbocycles. The number of hydrogen-bond donors (Lipinski definition) is 1. The third-order valence-corrected chi connectivity index (χ3v) is 5.19. The zero-order chi connectivity index (χ0) is 15.0. The Bertz CT molecular complexity index is 523. The van der Waals surface area contributed by atoms with Gasteiger partial charge in [0.2, 0.25) is 5.91 Å². The van der Waals surface area contributed by atoms with Gasteiger partial charge in [-0.15, -0.1) is 0 Å². The van der Waals surface area contributed by atoms with E-state index in [9.17, 15) is 4.79 Å². The summed E-state index contributed by atoms with van der Waals surface area (Å²) in [6, 6.07) is 0.884. The molecule has 0 aliphatic carbocycles. The Kier molecular flexibility index (Phi) is 4.02. The quantitative estimate of drug-likeness (QED) is 0.913. The average molecular weight is 290 g/mol. The number of carbonyl (C=O) groups is 1. The molecule has 2 fully saturated rings. The normalized spacial score (nSPS) is 25.2. The molecule has 2 atom stereocenters. The summed E-state index contributed by atoms with van der Waals surface area (Å²) in [6.45, 7) is 6.13. The fraction of sp³-hybridized carbons (Fsp3) is 0.750. The highest BCUT2D eigenvalue weighted by molar-refractivity contribution is 5.77. The molecule has 0 radical (unpaired) electrons. The van der Waals surface area contributed by atoms with Crippen LogP contribution in [0.3, 0.4) is 0 Å². The van der Waals surface area contributed by atoms with E-state index in [2.05, 4.69) is 22.2 Å². The third-order valence-electron chi connectivity index (χ3n) is 5.19. The number of nitrogens with zero attached hydrogens (tertiary/aromatic N) is 3. The van der Waals surface area contributed by atoms with Crippen molar-refractivity contribution >= 4 is 5.91 Å². The van der Waals surface area contributed by atoms with Crippen molar-refractivity contribution in [2.45, 2.75) is 58.0 Å². The van der Waals surface area contributed by atoms with Crippen molar-refractivity contribution in [3.63, 3.8) is 0 Å². The number of nitrogens with one attached hydrogen (secondary N) is 1. The largest absolute Gasteiger partial charge is 0.335 e. The van der Waals surface area contributed by atoms with Crippen LogP contribution in [-0.2, 0) is 18.3 Å². The summed E-state index contributed by atoms with van der Waals surface area (Å²) in [6.07, 6.45) is 4.87. The zero-order valence-corrected chi connectivity index (χ0v) is 13.4. The Morgan fingerprint density at radius 3 is 2.76 bits per heavy atom. The fourth-order valence-corrected chi connectivity index (χ4v) is 3.93. The fourth-order valence-electron chi connectivity index (χ4n) is 3.93. The van der Waals surface area contributed by atoms with E-state index in [1.807, 2.05) is 18.7 Å². The predicted octanol–water partition coefficient (Wildman–Crippen LogP) is 1.32. The summed E-state index contributed by atoms with van der Waals surface area (Å²) in [7, 11) is 1.97. The van der Waals surface area contributed by atoms with Crippen molar-refractivity contribution in [2.24, 2.45) is 7.05 Å². The molecule has 0 aromatic carbocycles. The monoisotopic (exact) mass is 290 g/mol. The Balaban J connectivity index is 1.66. The number of carbonyl (C=O) groups excluding carboxylic acids is 1. The van der Waals surface area contributed by atoms with Crippen LogP contribution in [0.25, 0.3) is 0 Å². The highest BCUT2D eigenvalue weighted by atomic mass is 16.2. The van der Waals surface area contributed by atoms with Crippen LogP contribution in [0.4, 0.5) is 0 Å². The standard InChI is InChI=1S/C16H26N4O/c1-11-15(12(2)19(3)18-11)6-7-16(21)20-13-4-5-14(20)10-17-9-8-13/h13-14,17H,4-10H2,1-3H3. The number of fused-ring (bicyclic) bond motifs is 2. The molecule has 2 aliphatic rings. The lowest BCUT2D eigenvalue weighted by Crippen LogP contribution is -2.42. The molecule has 1 N–H and O–H groups in total. The van der Waals surface area contributed by atoms with Gasteiger partial charge in [-0.2, -0.15) is 5.10 Å². The Morgan fingerprint density at radius 2 is 2.05 bits per heavy atom. The summed E-state index contributed by atoms with van der Waals surface area (Å²) in [5, 5.41) is 7.89. The van der Waals surface area contributed by atoms with Crippen LogP contribution in [0.15, 0.2) is 0 Å². The van der Waals surface area contributed by atoms with Gasteiger partial charge in [0, 0.05) is 37.8 Å². The van der Waals surface area contributed by atoms with E-state index in [-0.39, 0.29) is 0 Å². The molecule has 2 saturated heterocycles. The maximum atomic E-state index is 12.7. The van der Waals surface area contributed by atoms with Crippen molar-refractivity contribution in [3.8, 4) is 0 Å². The van der Waals surface area contributed by atoms with Crippen LogP contribution in [0.2, 0.25) is 0 Å². The van der Waals surface area contributed by atoms with Gasteiger partial charge in [0.15, 0.2) is 0 Å². The van der Waals surface area contributed by atoms with E-state index in [1.165, 1.54) is 17.7 Å². The smallest absolute Gasteiger partial charge is 0.223 e. The molecule has 5 heteroatoms. The molecule has 0 spiro atoms. The summed E-state index contributed by atoms with van der Waals surface area (Å²) in [4.78, 5) is 14.9. The molecular weight excluding hydrogens is 264 g/mol. The molecule has 2 bridgehead atoms. The maximum Gasteiger partial charge on any atom is 0.223 e. The van der Waals surface area contributed by atoms with E-state index in [0.29, 0.717) is 24.4 Å². The molecule has 1 aromatic heterocycles. The molecule has 3 rings (SSSR count). The summed E-state index contributed by atoms with van der Waals surface area (Å²) >= 11 is 0. The van der Waals surface area contributed by atoms with Gasteiger partial charge in [-0.25, -0.2) is 0 Å². The second kappa shape index (κ2) is 5.79. The van der Waals surface area contributed by atoms with Gasteiger partial charge >= 0.3 is 0 Å². The van der Waals surface area contributed by atoms with E-state index in [0.717, 1.165) is 38.0 Å². The molecule has 5 nitrogen and oxygen atoms in total. The number of aromatic nitrogens is 2. The van der Waals surface area contributed by atoms with Gasteiger partial charge in [0.25, 0.3) is 0 Å². The lowest BCUT2D eigenvalue weighted by atomic mass is 10.1. The molecule has 1 amide bonds. The number of rotatable bonds is 3. The number of amides is 1. The third kappa shape index (κ3) is 2.71. The van der Waals surface area contributed by atoms with E-state index in [4.69, 9.17) is 0 Å². The molecule has 3 heterocycles. The summed E-state index contributed by atoms with van der Waals surface area (Å²) < 4.78 is 1.91. The van der Waals surface area contributed by atoms with Crippen molar-refractivity contribution in [2.75, 3.05) is 13.1 Å². The Labute approximate surface area is 126 Å². The number of aryl methyl sites for hydroxylation is 2. The Morgan fingerprint density at radius 1 is 1.29 bits per heavy atom. The van der Waals surface area contributed by atoms with Crippen LogP contribution >= 0.6 is 0 Å². The molecule has 2 unspecified atom stereocenters. The van der Waals surface area contributed by atoms with Gasteiger partial charge in [0.1, 0.15) is 0 Å². The van der Waals surface area contributed by atoms with Crippen molar-refractivity contribution in [3.05, 3.63) is 17.0 Å². The first-order chi connectivity index (χ1) is 10.1. The van der Waals surface area contributed by atoms with E-state index in [1.54, 1.807) is 0 Å². The number of hydrogen-bond acceptors (Lipinski definition) is 3. The van der Waals surface area contributed by atoms with Crippen LogP contribution in [0.1, 0.15) is 42.6 Å². The van der Waals surface area contributed by atoms with Gasteiger partial charge in [0.05, 0.1) is 5.69 Å². The molecular formula is C16H26N4O. The SMILES string of the molecule is Cc1nn(C)c(C)c1CCC(=O)N1C2CCNCC1CC2. The lowest BCUT2D eigenvalue weighted by Gasteiger charge is -2.28. The Hall–Kier alpha value is -1.36. The zero-order valence-electron chi connectivity index (χ0n) is 13.4. The van der Waals surface area contributed by atoms with Crippen molar-refractivity contribution in [1.82, 2.24) is 20.0 Å². The first-order valence-corrected chi connectivity index (χ1v) is 8.09. The summed E-state index contributed by atoms with van der Waals surface area (Å²) in [5.41, 5.74) is 3.48. The van der Waals surface area contributed by atoms with Crippen LogP contribution in [0, 0.1) is 13.8 Å². The van der Waals surface area contributed by atoms with Crippen molar-refractivity contribution < 1.29 is 4.79 Å². The minimum Gasteiger partial charge on any atom is -0.335 e. The van der Waals surface area contributed by atoms with Gasteiger partial charge in [-0.3, -0.25) is 9.48 Å². The predicted molar refractivity (Wildman–Crippen MR) is 82.1 cm³/mol. The lowest BCUT2D eigenvalue weighted by molar-refractivity contribution is -0.133. The van der Waals surface area contributed by atoms with Gasteiger partial charge in [-0.1, -0.05) is 0 Å². The maximum absolute atomic E-state index is 12.7. The van der Waals surface area contributed by atoms with Crippen molar-refractivity contribution in [1.29, 1.82) is 0 Å². The van der Waals surface area contributed by atoms with E-state index >= 15 is 0 Å². The van der Waals surface area contributed by atoms with E-state index < -0.39 is 0 Å². The van der Waals surface area contributed by atoms with Crippen LogP contribution in [-0.4, -0.2) is 45.8 Å². The molecule has 116 valence electrons. The average Bonchev–Trinajstić information content (AvgIpc) is 2.83. The minimum atomic E-state index is 0.328. The molecule has 1 aromatic rings. The second-order valence-corrected chi connectivity index (χ2v) is 6.45. The minimum absolute atomic E-state index is 0.328. The molecule has 2 aliphatic heterocycles. The first kappa shape index (κ1) is 14.6. The summed E-state index contributed by atoms with van der Waals surface area (Å²) in [5.74, 6) is 0.328.